The third-order valence-corrected chi connectivity index (χ3v) is 4.35. The fraction of sp³-hybridized carbons (Fsp3) is 0.211. The van der Waals surface area contributed by atoms with Crippen molar-refractivity contribution >= 4 is 23.0 Å². The van der Waals surface area contributed by atoms with Crippen molar-refractivity contribution in [3.05, 3.63) is 59.7 Å². The molecule has 6 nitrogen and oxygen atoms in total. The van der Waals surface area contributed by atoms with Crippen LogP contribution >= 0.6 is 0 Å². The molecule has 0 aliphatic carbocycles. The van der Waals surface area contributed by atoms with E-state index >= 15 is 0 Å². The summed E-state index contributed by atoms with van der Waals surface area (Å²) in [5.74, 6) is 0.0339. The van der Waals surface area contributed by atoms with Gasteiger partial charge in [0, 0.05) is 13.1 Å². The molecule has 1 unspecified atom stereocenters. The Morgan fingerprint density at radius 3 is 2.80 bits per heavy atom. The van der Waals surface area contributed by atoms with Crippen molar-refractivity contribution in [1.29, 1.82) is 5.26 Å². The van der Waals surface area contributed by atoms with E-state index < -0.39 is 0 Å². The number of nitrogens with zero attached hydrogens (tertiary/aromatic N) is 3. The second kappa shape index (κ2) is 6.29. The van der Waals surface area contributed by atoms with E-state index in [-0.39, 0.29) is 11.9 Å². The molecule has 1 amide bonds. The first-order chi connectivity index (χ1) is 12.2. The molecule has 124 valence electrons. The summed E-state index contributed by atoms with van der Waals surface area (Å²) in [6.45, 7) is 1.22. The molecule has 1 aromatic heterocycles. The van der Waals surface area contributed by atoms with Gasteiger partial charge in [-0.15, -0.1) is 0 Å². The first-order valence-corrected chi connectivity index (χ1v) is 8.13. The molecule has 2 heterocycles. The van der Waals surface area contributed by atoms with Crippen molar-refractivity contribution in [3.63, 3.8) is 0 Å². The van der Waals surface area contributed by atoms with Gasteiger partial charge < -0.3 is 14.6 Å². The molecule has 3 aromatic rings. The van der Waals surface area contributed by atoms with E-state index in [0.29, 0.717) is 36.7 Å². The molecule has 4 rings (SSSR count). The number of hydrogen-bond acceptors (Lipinski definition) is 5. The maximum atomic E-state index is 12.6. The predicted octanol–water partition coefficient (Wildman–Crippen LogP) is 2.91. The molecule has 25 heavy (non-hydrogen) atoms. The molecule has 6 heteroatoms. The fourth-order valence-electron chi connectivity index (χ4n) is 3.02. The summed E-state index contributed by atoms with van der Waals surface area (Å²) in [7, 11) is 0. The second-order valence-electron chi connectivity index (χ2n) is 6.04. The maximum Gasteiger partial charge on any atom is 0.296 e. The van der Waals surface area contributed by atoms with Gasteiger partial charge in [0.15, 0.2) is 5.58 Å². The summed E-state index contributed by atoms with van der Waals surface area (Å²) in [6.07, 6.45) is 0.702. The number of amides is 1. The average molecular weight is 332 g/mol. The van der Waals surface area contributed by atoms with Gasteiger partial charge in [0.1, 0.15) is 11.6 Å². The Morgan fingerprint density at radius 1 is 1.24 bits per heavy atom. The fourth-order valence-corrected chi connectivity index (χ4v) is 3.02. The minimum atomic E-state index is -0.327. The highest BCUT2D eigenvalue weighted by atomic mass is 16.4. The van der Waals surface area contributed by atoms with Gasteiger partial charge in [-0.1, -0.05) is 24.3 Å². The van der Waals surface area contributed by atoms with E-state index in [9.17, 15) is 4.79 Å². The van der Waals surface area contributed by atoms with Gasteiger partial charge in [-0.2, -0.15) is 10.2 Å². The molecule has 0 bridgehead atoms. The summed E-state index contributed by atoms with van der Waals surface area (Å²) in [5.41, 5.74) is 3.09. The molecule has 1 aliphatic rings. The number of carbonyl (C=O) groups excluding carboxylic acids is 1. The van der Waals surface area contributed by atoms with Crippen LogP contribution in [0, 0.1) is 11.3 Å². The van der Waals surface area contributed by atoms with Crippen LogP contribution in [0.15, 0.2) is 52.9 Å². The van der Waals surface area contributed by atoms with Gasteiger partial charge >= 0.3 is 0 Å². The molecule has 1 atom stereocenters. The molecule has 1 N–H and O–H groups in total. The Morgan fingerprint density at radius 2 is 2.04 bits per heavy atom. The number of benzene rings is 2. The smallest absolute Gasteiger partial charge is 0.296 e. The first kappa shape index (κ1) is 15.2. The molecule has 2 aromatic carbocycles. The summed E-state index contributed by atoms with van der Waals surface area (Å²) >= 11 is 0. The zero-order valence-electron chi connectivity index (χ0n) is 13.5. The zero-order chi connectivity index (χ0) is 17.2. The largest absolute Gasteiger partial charge is 0.424 e. The van der Waals surface area contributed by atoms with Crippen molar-refractivity contribution < 1.29 is 9.21 Å². The standard InChI is InChI=1S/C19H16N4O2/c20-11-13-5-7-14(8-6-13)12-23-10-9-16(18(23)24)22-19-21-15-3-1-2-4-17(15)25-19/h1-8,16H,9-10,12H2,(H,21,22). The molecule has 1 fully saturated rings. The molecule has 0 radical (unpaired) electrons. The van der Waals surface area contributed by atoms with Gasteiger partial charge in [0.25, 0.3) is 6.01 Å². The molecule has 0 spiro atoms. The van der Waals surface area contributed by atoms with Crippen LogP contribution in [-0.4, -0.2) is 28.4 Å². The summed E-state index contributed by atoms with van der Waals surface area (Å²) in [6, 6.07) is 16.9. The number of rotatable bonds is 4. The highest BCUT2D eigenvalue weighted by Crippen LogP contribution is 2.22. The summed E-state index contributed by atoms with van der Waals surface area (Å²) in [5, 5.41) is 11.9. The van der Waals surface area contributed by atoms with Crippen molar-refractivity contribution in [2.24, 2.45) is 0 Å². The van der Waals surface area contributed by atoms with E-state index in [1.165, 1.54) is 0 Å². The van der Waals surface area contributed by atoms with Gasteiger partial charge in [0.05, 0.1) is 11.6 Å². The van der Waals surface area contributed by atoms with Gasteiger partial charge in [0.2, 0.25) is 5.91 Å². The van der Waals surface area contributed by atoms with Crippen LogP contribution in [0.2, 0.25) is 0 Å². The number of hydrogen-bond donors (Lipinski definition) is 1. The lowest BCUT2D eigenvalue weighted by atomic mass is 10.1. The minimum absolute atomic E-state index is 0.0339. The van der Waals surface area contributed by atoms with E-state index in [1.54, 1.807) is 12.1 Å². The number of nitrogens with one attached hydrogen (secondary N) is 1. The number of nitriles is 1. The molecule has 0 saturated carbocycles. The van der Waals surface area contributed by atoms with Crippen LogP contribution in [0.3, 0.4) is 0 Å². The lowest BCUT2D eigenvalue weighted by Crippen LogP contribution is -2.33. The van der Waals surface area contributed by atoms with Crippen LogP contribution in [-0.2, 0) is 11.3 Å². The van der Waals surface area contributed by atoms with Crippen molar-refractivity contribution in [1.82, 2.24) is 9.88 Å². The highest BCUT2D eigenvalue weighted by Gasteiger charge is 2.32. The predicted molar refractivity (Wildman–Crippen MR) is 92.6 cm³/mol. The van der Waals surface area contributed by atoms with Crippen LogP contribution in [0.25, 0.3) is 11.1 Å². The van der Waals surface area contributed by atoms with E-state index in [2.05, 4.69) is 16.4 Å². The zero-order valence-corrected chi connectivity index (χ0v) is 13.5. The quantitative estimate of drug-likeness (QED) is 0.794. The van der Waals surface area contributed by atoms with Crippen LogP contribution in [0.4, 0.5) is 6.01 Å². The first-order valence-electron chi connectivity index (χ1n) is 8.13. The topological polar surface area (TPSA) is 82.2 Å². The van der Waals surface area contributed by atoms with Crippen LogP contribution in [0.5, 0.6) is 0 Å². The summed E-state index contributed by atoms with van der Waals surface area (Å²) < 4.78 is 5.63. The Hall–Kier alpha value is -3.33. The average Bonchev–Trinajstić information content (AvgIpc) is 3.20. The highest BCUT2D eigenvalue weighted by molar-refractivity contribution is 5.86. The Labute approximate surface area is 144 Å². The Kier molecular flexibility index (Phi) is 3.82. The Bertz CT molecular complexity index is 922. The van der Waals surface area contributed by atoms with Crippen molar-refractivity contribution in [2.45, 2.75) is 19.0 Å². The maximum absolute atomic E-state index is 12.6. The minimum Gasteiger partial charge on any atom is -0.424 e. The number of carbonyl (C=O) groups is 1. The van der Waals surface area contributed by atoms with E-state index in [0.717, 1.165) is 11.1 Å². The number of anilines is 1. The van der Waals surface area contributed by atoms with Gasteiger partial charge in [-0.05, 0) is 36.2 Å². The monoisotopic (exact) mass is 332 g/mol. The normalized spacial score (nSPS) is 17.0. The number of fused-ring (bicyclic) bond motifs is 1. The molecular weight excluding hydrogens is 316 g/mol. The Balaban J connectivity index is 1.43. The van der Waals surface area contributed by atoms with Crippen LogP contribution < -0.4 is 5.32 Å². The summed E-state index contributed by atoms with van der Waals surface area (Å²) in [4.78, 5) is 18.8. The van der Waals surface area contributed by atoms with Gasteiger partial charge in [-0.3, -0.25) is 4.79 Å². The van der Waals surface area contributed by atoms with Crippen molar-refractivity contribution in [2.75, 3.05) is 11.9 Å². The molecular formula is C19H16N4O2. The number of para-hydroxylation sites is 2. The lowest BCUT2D eigenvalue weighted by Gasteiger charge is -2.16. The van der Waals surface area contributed by atoms with Crippen molar-refractivity contribution in [3.8, 4) is 6.07 Å². The SMILES string of the molecule is N#Cc1ccc(CN2CCC(Nc3nc4ccccc4o3)C2=O)cc1. The van der Waals surface area contributed by atoms with Crippen LogP contribution in [0.1, 0.15) is 17.5 Å². The van der Waals surface area contributed by atoms with E-state index in [1.807, 2.05) is 41.3 Å². The van der Waals surface area contributed by atoms with E-state index in [4.69, 9.17) is 9.68 Å². The lowest BCUT2D eigenvalue weighted by molar-refractivity contribution is -0.128. The molecule has 1 aliphatic heterocycles. The third kappa shape index (κ3) is 3.04. The second-order valence-corrected chi connectivity index (χ2v) is 6.04. The number of aromatic nitrogens is 1. The number of likely N-dealkylation sites (tertiary alicyclic amines) is 1. The number of oxazole rings is 1. The van der Waals surface area contributed by atoms with Gasteiger partial charge in [-0.25, -0.2) is 0 Å². The third-order valence-electron chi connectivity index (χ3n) is 4.35. The molecule has 1 saturated heterocycles.